The van der Waals surface area contributed by atoms with E-state index in [1.54, 1.807) is 23.6 Å². The summed E-state index contributed by atoms with van der Waals surface area (Å²) in [4.78, 5) is 13.8. The third-order valence-corrected chi connectivity index (χ3v) is 7.22. The molecule has 2 heterocycles. The van der Waals surface area contributed by atoms with E-state index < -0.39 is 5.82 Å². The zero-order chi connectivity index (χ0) is 22.6. The minimum atomic E-state index is -0.408. The summed E-state index contributed by atoms with van der Waals surface area (Å²) in [5.41, 5.74) is 0.480. The standard InChI is InChI=1S/C25H20ClFN2O2S/c1-3-21(31)28-25(2)12-29(13-25)24-18-10-20(26)22(23(27)19(18)11-32-24)17-9-15(30)8-14-6-4-5-7-16(14)17/h3-11,30H,1,12-13H2,2H3,(H,28,31). The van der Waals surface area contributed by atoms with Gasteiger partial charge in [0.2, 0.25) is 5.91 Å². The van der Waals surface area contributed by atoms with E-state index in [-0.39, 0.29) is 27.8 Å². The largest absolute Gasteiger partial charge is 0.508 e. The monoisotopic (exact) mass is 466 g/mol. The molecule has 4 aromatic rings. The molecule has 5 rings (SSSR count). The highest BCUT2D eigenvalue weighted by atomic mass is 35.5. The number of phenols is 1. The van der Waals surface area contributed by atoms with Crippen LogP contribution in [0.15, 0.2) is 60.5 Å². The van der Waals surface area contributed by atoms with Gasteiger partial charge in [-0.25, -0.2) is 4.39 Å². The van der Waals surface area contributed by atoms with E-state index in [1.807, 2.05) is 31.2 Å². The van der Waals surface area contributed by atoms with Crippen LogP contribution in [-0.4, -0.2) is 29.6 Å². The molecular formula is C25H20ClFN2O2S. The van der Waals surface area contributed by atoms with Crippen molar-refractivity contribution in [2.24, 2.45) is 0 Å². The number of thiophene rings is 1. The smallest absolute Gasteiger partial charge is 0.243 e. The van der Waals surface area contributed by atoms with Crippen LogP contribution in [0.3, 0.4) is 0 Å². The summed E-state index contributed by atoms with van der Waals surface area (Å²) >= 11 is 8.08. The van der Waals surface area contributed by atoms with Crippen LogP contribution in [0.4, 0.5) is 9.39 Å². The van der Waals surface area contributed by atoms with Crippen LogP contribution in [0.2, 0.25) is 5.02 Å². The van der Waals surface area contributed by atoms with E-state index in [9.17, 15) is 9.90 Å². The van der Waals surface area contributed by atoms with Gasteiger partial charge in [-0.2, -0.15) is 0 Å². The quantitative estimate of drug-likeness (QED) is 0.357. The molecule has 0 unspecified atom stereocenters. The first kappa shape index (κ1) is 20.8. The lowest BCUT2D eigenvalue weighted by Gasteiger charge is -2.49. The van der Waals surface area contributed by atoms with Crippen LogP contribution in [0.25, 0.3) is 32.7 Å². The molecule has 32 heavy (non-hydrogen) atoms. The first-order chi connectivity index (χ1) is 15.3. The molecule has 0 radical (unpaired) electrons. The number of aromatic hydroxyl groups is 1. The minimum Gasteiger partial charge on any atom is -0.508 e. The number of hydrogen-bond donors (Lipinski definition) is 2. The summed E-state index contributed by atoms with van der Waals surface area (Å²) in [5.74, 6) is -0.559. The van der Waals surface area contributed by atoms with Gasteiger partial charge in [0.25, 0.3) is 0 Å². The molecule has 0 bridgehead atoms. The van der Waals surface area contributed by atoms with E-state index >= 15 is 4.39 Å². The average molecular weight is 467 g/mol. The fourth-order valence-corrected chi connectivity index (χ4v) is 5.79. The number of nitrogens with zero attached hydrogens (tertiary/aromatic N) is 1. The van der Waals surface area contributed by atoms with Crippen molar-refractivity contribution in [1.29, 1.82) is 0 Å². The Kier molecular flexibility index (Phi) is 4.87. The number of carbonyl (C=O) groups excluding carboxylic acids is 1. The first-order valence-electron chi connectivity index (χ1n) is 10.1. The fourth-order valence-electron chi connectivity index (χ4n) is 4.47. The third-order valence-electron chi connectivity index (χ3n) is 5.87. The zero-order valence-electron chi connectivity index (χ0n) is 17.3. The van der Waals surface area contributed by atoms with E-state index in [0.717, 1.165) is 21.2 Å². The lowest BCUT2D eigenvalue weighted by atomic mass is 9.91. The number of halogens is 2. The van der Waals surface area contributed by atoms with Gasteiger partial charge in [0.15, 0.2) is 0 Å². The number of anilines is 1. The van der Waals surface area contributed by atoms with Crippen molar-refractivity contribution in [2.45, 2.75) is 12.5 Å². The normalized spacial score (nSPS) is 15.0. The summed E-state index contributed by atoms with van der Waals surface area (Å²) < 4.78 is 15.8. The number of amides is 1. The molecule has 7 heteroatoms. The Hall–Kier alpha value is -3.09. The minimum absolute atomic E-state index is 0.0571. The molecular weight excluding hydrogens is 447 g/mol. The summed E-state index contributed by atoms with van der Waals surface area (Å²) in [6.07, 6.45) is 1.26. The molecule has 0 atom stereocenters. The second kappa shape index (κ2) is 7.50. The van der Waals surface area contributed by atoms with Crippen molar-refractivity contribution < 1.29 is 14.3 Å². The molecule has 3 aromatic carbocycles. The molecule has 1 aromatic heterocycles. The topological polar surface area (TPSA) is 52.6 Å². The SMILES string of the molecule is C=CC(=O)NC1(C)CN(c2scc3c(F)c(-c4cc(O)cc5ccccc45)c(Cl)cc23)C1. The van der Waals surface area contributed by atoms with Gasteiger partial charge >= 0.3 is 0 Å². The summed E-state index contributed by atoms with van der Waals surface area (Å²) in [5, 5.41) is 19.0. The molecule has 1 saturated heterocycles. The second-order valence-corrected chi connectivity index (χ2v) is 9.64. The highest BCUT2D eigenvalue weighted by molar-refractivity contribution is 7.16. The number of hydrogen-bond acceptors (Lipinski definition) is 4. The molecule has 1 fully saturated rings. The predicted octanol–water partition coefficient (Wildman–Crippen LogP) is 6.10. The number of carbonyl (C=O) groups is 1. The fraction of sp³-hybridized carbons (Fsp3) is 0.160. The zero-order valence-corrected chi connectivity index (χ0v) is 18.9. The van der Waals surface area contributed by atoms with E-state index in [1.165, 1.54) is 17.4 Å². The van der Waals surface area contributed by atoms with Crippen LogP contribution >= 0.6 is 22.9 Å². The predicted molar refractivity (Wildman–Crippen MR) is 130 cm³/mol. The lowest BCUT2D eigenvalue weighted by molar-refractivity contribution is -0.118. The van der Waals surface area contributed by atoms with Crippen molar-refractivity contribution >= 4 is 55.4 Å². The Morgan fingerprint density at radius 3 is 2.75 bits per heavy atom. The Balaban J connectivity index is 1.57. The van der Waals surface area contributed by atoms with Crippen LogP contribution in [0, 0.1) is 5.82 Å². The van der Waals surface area contributed by atoms with Gasteiger partial charge < -0.3 is 15.3 Å². The Bertz CT molecular complexity index is 1410. The van der Waals surface area contributed by atoms with Gasteiger partial charge in [0.1, 0.15) is 11.6 Å². The molecule has 0 saturated carbocycles. The number of rotatable bonds is 4. The molecule has 2 N–H and O–H groups in total. The van der Waals surface area contributed by atoms with Gasteiger partial charge in [0, 0.05) is 34.8 Å². The second-order valence-electron chi connectivity index (χ2n) is 8.37. The van der Waals surface area contributed by atoms with Gasteiger partial charge in [-0.3, -0.25) is 4.79 Å². The Morgan fingerprint density at radius 1 is 1.25 bits per heavy atom. The lowest BCUT2D eigenvalue weighted by Crippen LogP contribution is -2.68. The molecule has 0 aliphatic carbocycles. The number of fused-ring (bicyclic) bond motifs is 2. The molecule has 4 nitrogen and oxygen atoms in total. The number of phenolic OH excluding ortho intramolecular Hbond substituents is 1. The van der Waals surface area contributed by atoms with Crippen molar-refractivity contribution in [3.63, 3.8) is 0 Å². The highest BCUT2D eigenvalue weighted by Gasteiger charge is 2.41. The van der Waals surface area contributed by atoms with E-state index in [4.69, 9.17) is 11.6 Å². The Morgan fingerprint density at radius 2 is 2.00 bits per heavy atom. The molecule has 162 valence electrons. The van der Waals surface area contributed by atoms with Crippen molar-refractivity contribution in [2.75, 3.05) is 18.0 Å². The first-order valence-corrected chi connectivity index (χ1v) is 11.4. The van der Waals surface area contributed by atoms with E-state index in [0.29, 0.717) is 24.0 Å². The maximum absolute atomic E-state index is 15.8. The van der Waals surface area contributed by atoms with E-state index in [2.05, 4.69) is 16.8 Å². The molecule has 1 aliphatic rings. The summed E-state index contributed by atoms with van der Waals surface area (Å²) in [7, 11) is 0. The maximum atomic E-state index is 15.8. The summed E-state index contributed by atoms with van der Waals surface area (Å²) in [6.45, 7) is 6.69. The molecule has 0 spiro atoms. The van der Waals surface area contributed by atoms with Gasteiger partial charge in [-0.15, -0.1) is 11.3 Å². The van der Waals surface area contributed by atoms with Crippen LogP contribution < -0.4 is 10.2 Å². The van der Waals surface area contributed by atoms with Gasteiger partial charge in [-0.05, 0) is 47.5 Å². The number of nitrogens with one attached hydrogen (secondary N) is 1. The molecule has 1 aliphatic heterocycles. The molecule has 1 amide bonds. The van der Waals surface area contributed by atoms with Crippen LogP contribution in [-0.2, 0) is 4.79 Å². The van der Waals surface area contributed by atoms with Gasteiger partial charge in [0.05, 0.1) is 15.6 Å². The Labute approximate surface area is 193 Å². The average Bonchev–Trinajstić information content (AvgIpc) is 3.15. The number of benzene rings is 3. The third kappa shape index (κ3) is 3.31. The highest BCUT2D eigenvalue weighted by Crippen LogP contribution is 2.46. The van der Waals surface area contributed by atoms with Crippen molar-refractivity contribution in [1.82, 2.24) is 5.32 Å². The van der Waals surface area contributed by atoms with Gasteiger partial charge in [-0.1, -0.05) is 42.4 Å². The van der Waals surface area contributed by atoms with Crippen LogP contribution in [0.1, 0.15) is 6.92 Å². The van der Waals surface area contributed by atoms with Crippen molar-refractivity contribution in [3.05, 3.63) is 71.3 Å². The summed E-state index contributed by atoms with van der Waals surface area (Å²) in [6, 6.07) is 12.5. The van der Waals surface area contributed by atoms with Crippen LogP contribution in [0.5, 0.6) is 5.75 Å². The maximum Gasteiger partial charge on any atom is 0.243 e. The van der Waals surface area contributed by atoms with Crippen molar-refractivity contribution in [3.8, 4) is 16.9 Å².